The molecule has 0 atom stereocenters. The monoisotopic (exact) mass is 326 g/mol. The van der Waals surface area contributed by atoms with Crippen molar-refractivity contribution in [1.29, 1.82) is 0 Å². The van der Waals surface area contributed by atoms with E-state index < -0.39 is 8.07 Å². The van der Waals surface area contributed by atoms with Crippen LogP contribution in [0.25, 0.3) is 5.57 Å². The first-order valence-electron chi connectivity index (χ1n) is 5.20. The Bertz CT molecular complexity index is 455. The van der Waals surface area contributed by atoms with E-state index in [-0.39, 0.29) is 0 Å². The van der Waals surface area contributed by atoms with E-state index in [9.17, 15) is 0 Å². The van der Waals surface area contributed by atoms with E-state index in [1.54, 1.807) is 10.4 Å². The summed E-state index contributed by atoms with van der Waals surface area (Å²) in [6, 6.07) is 8.86. The normalized spacial score (nSPS) is 23.5. The number of fused-ring (bicyclic) bond motifs is 1. The molecule has 2 heteroatoms. The zero-order chi connectivity index (χ0) is 11.1. The Kier molecular flexibility index (Phi) is 2.90. The van der Waals surface area contributed by atoms with Gasteiger partial charge in [0.25, 0.3) is 0 Å². The van der Waals surface area contributed by atoms with Gasteiger partial charge in [-0.15, -0.1) is 0 Å². The molecule has 0 amide bonds. The summed E-state index contributed by atoms with van der Waals surface area (Å²) in [6.45, 7) is 7.04. The maximum absolute atomic E-state index is 2.44. The lowest BCUT2D eigenvalue weighted by Crippen LogP contribution is -2.39. The molecule has 0 spiro atoms. The molecular formula is C13H15ISi. The summed E-state index contributed by atoms with van der Waals surface area (Å²) in [4.78, 5) is 0. The SMILES string of the molecule is CC=C1/C(=C\I)c2ccccc2[Si]1(C)C. The summed E-state index contributed by atoms with van der Waals surface area (Å²) in [6.07, 6.45) is 2.30. The van der Waals surface area contributed by atoms with Crippen LogP contribution in [0.1, 0.15) is 12.5 Å². The minimum absolute atomic E-state index is 1.39. The van der Waals surface area contributed by atoms with Crippen LogP contribution >= 0.6 is 22.6 Å². The Hall–Kier alpha value is -0.353. The van der Waals surface area contributed by atoms with Gasteiger partial charge in [0.05, 0.1) is 0 Å². The van der Waals surface area contributed by atoms with E-state index in [4.69, 9.17) is 0 Å². The molecule has 0 nitrogen and oxygen atoms in total. The maximum Gasteiger partial charge on any atom is 0.113 e. The van der Waals surface area contributed by atoms with Gasteiger partial charge in [-0.25, -0.2) is 0 Å². The third-order valence-corrected chi connectivity index (χ3v) is 7.56. The second kappa shape index (κ2) is 3.90. The molecular weight excluding hydrogens is 311 g/mol. The fourth-order valence-corrected chi connectivity index (χ4v) is 6.78. The largest absolute Gasteiger partial charge is 0.113 e. The number of hydrogen-bond acceptors (Lipinski definition) is 0. The average Bonchev–Trinajstić information content (AvgIpc) is 2.46. The molecule has 1 aromatic carbocycles. The quantitative estimate of drug-likeness (QED) is 0.501. The van der Waals surface area contributed by atoms with Crippen LogP contribution in [0.2, 0.25) is 13.1 Å². The Balaban J connectivity index is 2.76. The zero-order valence-electron chi connectivity index (χ0n) is 9.34. The van der Waals surface area contributed by atoms with Crippen molar-refractivity contribution in [3.63, 3.8) is 0 Å². The second-order valence-corrected chi connectivity index (χ2v) is 9.35. The number of allylic oxidation sites excluding steroid dienone is 3. The molecule has 0 saturated carbocycles. The van der Waals surface area contributed by atoms with Crippen LogP contribution in [0.15, 0.2) is 39.6 Å². The number of hydrogen-bond donors (Lipinski definition) is 0. The lowest BCUT2D eigenvalue weighted by atomic mass is 10.1. The predicted octanol–water partition coefficient (Wildman–Crippen LogP) is 3.88. The highest BCUT2D eigenvalue weighted by molar-refractivity contribution is 14.1. The first kappa shape index (κ1) is 11.1. The predicted molar refractivity (Wildman–Crippen MR) is 79.3 cm³/mol. The summed E-state index contributed by atoms with van der Waals surface area (Å²) in [5, 5.41) is 3.17. The lowest BCUT2D eigenvalue weighted by Gasteiger charge is -2.18. The summed E-state index contributed by atoms with van der Waals surface area (Å²) in [7, 11) is -1.39. The van der Waals surface area contributed by atoms with Crippen molar-refractivity contribution < 1.29 is 0 Å². The first-order valence-corrected chi connectivity index (χ1v) is 9.45. The summed E-state index contributed by atoms with van der Waals surface area (Å²) in [5.74, 6) is 0. The van der Waals surface area contributed by atoms with Crippen molar-refractivity contribution in [3.05, 3.63) is 45.2 Å². The van der Waals surface area contributed by atoms with E-state index in [0.717, 1.165) is 0 Å². The van der Waals surface area contributed by atoms with Gasteiger partial charge in [0.1, 0.15) is 8.07 Å². The minimum atomic E-state index is -1.39. The standard InChI is InChI=1S/C13H15ISi/c1-4-12-11(9-14)10-7-5-6-8-13(10)15(12,2)3/h4-9H,1-3H3/b11-9-,12-4?. The molecule has 15 heavy (non-hydrogen) atoms. The Labute approximate surface area is 106 Å². The van der Waals surface area contributed by atoms with Crippen LogP contribution in [-0.2, 0) is 0 Å². The third-order valence-electron chi connectivity index (χ3n) is 3.25. The Morgan fingerprint density at radius 1 is 1.20 bits per heavy atom. The van der Waals surface area contributed by atoms with E-state index in [1.807, 2.05) is 0 Å². The maximum atomic E-state index is 2.44. The van der Waals surface area contributed by atoms with Gasteiger partial charge in [0.2, 0.25) is 0 Å². The molecule has 0 saturated heterocycles. The molecule has 0 aromatic heterocycles. The molecule has 0 radical (unpaired) electrons. The highest BCUT2D eigenvalue weighted by Gasteiger charge is 2.38. The van der Waals surface area contributed by atoms with E-state index in [2.05, 4.69) is 77.0 Å². The highest BCUT2D eigenvalue weighted by Crippen LogP contribution is 2.37. The molecule has 2 rings (SSSR count). The molecule has 1 heterocycles. The van der Waals surface area contributed by atoms with Gasteiger partial charge in [-0.1, -0.05) is 71.2 Å². The van der Waals surface area contributed by atoms with Crippen molar-refractivity contribution in [3.8, 4) is 0 Å². The molecule has 1 aliphatic heterocycles. The van der Waals surface area contributed by atoms with Crippen molar-refractivity contribution in [2.24, 2.45) is 0 Å². The van der Waals surface area contributed by atoms with Crippen LogP contribution in [0.5, 0.6) is 0 Å². The number of rotatable bonds is 0. The van der Waals surface area contributed by atoms with Gasteiger partial charge in [-0.2, -0.15) is 0 Å². The summed E-state index contributed by atoms with van der Waals surface area (Å²) < 4.78 is 2.23. The van der Waals surface area contributed by atoms with E-state index in [0.29, 0.717) is 0 Å². The molecule has 0 aliphatic carbocycles. The van der Waals surface area contributed by atoms with Gasteiger partial charge in [-0.05, 0) is 27.3 Å². The molecule has 0 unspecified atom stereocenters. The second-order valence-electron chi connectivity index (χ2n) is 4.40. The molecule has 78 valence electrons. The van der Waals surface area contributed by atoms with Crippen LogP contribution < -0.4 is 5.19 Å². The minimum Gasteiger partial charge on any atom is -0.0874 e. The fraction of sp³-hybridized carbons (Fsp3) is 0.231. The number of benzene rings is 1. The lowest BCUT2D eigenvalue weighted by molar-refractivity contribution is 1.66. The average molecular weight is 326 g/mol. The first-order chi connectivity index (χ1) is 7.12. The van der Waals surface area contributed by atoms with Gasteiger partial charge in [-0.3, -0.25) is 0 Å². The molecule has 0 fully saturated rings. The zero-order valence-corrected chi connectivity index (χ0v) is 12.5. The Morgan fingerprint density at radius 2 is 1.87 bits per heavy atom. The molecule has 0 N–H and O–H groups in total. The van der Waals surface area contributed by atoms with E-state index in [1.165, 1.54) is 11.1 Å². The van der Waals surface area contributed by atoms with Gasteiger partial charge < -0.3 is 0 Å². The van der Waals surface area contributed by atoms with Crippen LogP contribution in [-0.4, -0.2) is 8.07 Å². The smallest absolute Gasteiger partial charge is 0.0874 e. The van der Waals surface area contributed by atoms with E-state index >= 15 is 0 Å². The van der Waals surface area contributed by atoms with Gasteiger partial charge >= 0.3 is 0 Å². The Morgan fingerprint density at radius 3 is 2.47 bits per heavy atom. The third kappa shape index (κ3) is 1.54. The molecule has 1 aromatic rings. The molecule has 0 bridgehead atoms. The topological polar surface area (TPSA) is 0 Å². The van der Waals surface area contributed by atoms with Crippen molar-refractivity contribution >= 4 is 41.4 Å². The van der Waals surface area contributed by atoms with Gasteiger partial charge in [0.15, 0.2) is 0 Å². The van der Waals surface area contributed by atoms with Crippen LogP contribution in [0, 0.1) is 0 Å². The number of halogens is 1. The van der Waals surface area contributed by atoms with Crippen LogP contribution in [0.3, 0.4) is 0 Å². The summed E-state index contributed by atoms with van der Waals surface area (Å²) in [5.41, 5.74) is 2.90. The van der Waals surface area contributed by atoms with Crippen molar-refractivity contribution in [2.75, 3.05) is 0 Å². The fourth-order valence-electron chi connectivity index (χ4n) is 2.52. The van der Waals surface area contributed by atoms with Gasteiger partial charge in [0, 0.05) is 0 Å². The van der Waals surface area contributed by atoms with Crippen molar-refractivity contribution in [2.45, 2.75) is 20.0 Å². The highest BCUT2D eigenvalue weighted by atomic mass is 127. The summed E-state index contributed by atoms with van der Waals surface area (Å²) >= 11 is 2.36. The van der Waals surface area contributed by atoms with Crippen molar-refractivity contribution in [1.82, 2.24) is 0 Å². The molecule has 1 aliphatic rings. The van der Waals surface area contributed by atoms with Crippen LogP contribution in [0.4, 0.5) is 0 Å².